The average Bonchev–Trinajstić information content (AvgIpc) is 2.70. The van der Waals surface area contributed by atoms with Crippen LogP contribution < -0.4 is 10.6 Å². The maximum atomic E-state index is 5.71. The summed E-state index contributed by atoms with van der Waals surface area (Å²) in [6, 6.07) is 0. The van der Waals surface area contributed by atoms with Crippen molar-refractivity contribution in [2.75, 3.05) is 18.0 Å². The normalized spacial score (nSPS) is 18.1. The lowest BCUT2D eigenvalue weighted by Crippen LogP contribution is -2.35. The predicted octanol–water partition coefficient (Wildman–Crippen LogP) is 2.78. The minimum atomic E-state index is 0.617. The smallest absolute Gasteiger partial charge is 0.185 e. The Morgan fingerprint density at radius 1 is 1.41 bits per heavy atom. The van der Waals surface area contributed by atoms with Crippen LogP contribution >= 0.6 is 11.3 Å². The van der Waals surface area contributed by atoms with Crippen molar-refractivity contribution in [3.05, 3.63) is 10.6 Å². The maximum Gasteiger partial charge on any atom is 0.185 e. The Morgan fingerprint density at radius 3 is 2.53 bits per heavy atom. The molecule has 3 nitrogen and oxygen atoms in total. The number of hydrogen-bond donors (Lipinski definition) is 1. The quantitative estimate of drug-likeness (QED) is 0.900. The molecule has 1 saturated heterocycles. The molecule has 1 fully saturated rings. The summed E-state index contributed by atoms with van der Waals surface area (Å²) in [4.78, 5) is 8.29. The van der Waals surface area contributed by atoms with Crippen LogP contribution in [0.3, 0.4) is 0 Å². The van der Waals surface area contributed by atoms with Gasteiger partial charge in [0.15, 0.2) is 5.13 Å². The fraction of sp³-hybridized carbons (Fsp3) is 0.769. The van der Waals surface area contributed by atoms with Crippen LogP contribution in [0.15, 0.2) is 0 Å². The second-order valence-corrected chi connectivity index (χ2v) is 6.34. The van der Waals surface area contributed by atoms with Crippen molar-refractivity contribution >= 4 is 16.5 Å². The first-order chi connectivity index (χ1) is 8.11. The molecule has 0 aromatic carbocycles. The SMILES string of the molecule is Cc1nc(N2CCC(C(C)C)CC2)sc1CN. The topological polar surface area (TPSA) is 42.2 Å². The lowest BCUT2D eigenvalue weighted by molar-refractivity contribution is 0.311. The van der Waals surface area contributed by atoms with Gasteiger partial charge < -0.3 is 10.6 Å². The second-order valence-electron chi connectivity index (χ2n) is 5.28. The van der Waals surface area contributed by atoms with Gasteiger partial charge >= 0.3 is 0 Å². The van der Waals surface area contributed by atoms with Gasteiger partial charge in [0.25, 0.3) is 0 Å². The molecule has 0 spiro atoms. The number of nitrogens with two attached hydrogens (primary N) is 1. The lowest BCUT2D eigenvalue weighted by atomic mass is 9.87. The Bertz CT molecular complexity index is 365. The van der Waals surface area contributed by atoms with Crippen LogP contribution in [0.25, 0.3) is 0 Å². The molecule has 4 heteroatoms. The van der Waals surface area contributed by atoms with E-state index in [1.54, 1.807) is 11.3 Å². The molecule has 17 heavy (non-hydrogen) atoms. The van der Waals surface area contributed by atoms with Gasteiger partial charge in [0, 0.05) is 24.5 Å². The van der Waals surface area contributed by atoms with Crippen LogP contribution in [0.2, 0.25) is 0 Å². The number of anilines is 1. The molecule has 2 N–H and O–H groups in total. The van der Waals surface area contributed by atoms with Crippen molar-refractivity contribution in [3.8, 4) is 0 Å². The Hall–Kier alpha value is -0.610. The molecule has 0 unspecified atom stereocenters. The molecule has 0 amide bonds. The first kappa shape index (κ1) is 12.8. The van der Waals surface area contributed by atoms with Gasteiger partial charge in [0.2, 0.25) is 0 Å². The van der Waals surface area contributed by atoms with Gasteiger partial charge in [-0.2, -0.15) is 0 Å². The third-order valence-electron chi connectivity index (χ3n) is 3.82. The van der Waals surface area contributed by atoms with Crippen LogP contribution in [0.5, 0.6) is 0 Å². The van der Waals surface area contributed by atoms with Crippen molar-refractivity contribution in [1.29, 1.82) is 0 Å². The molecule has 1 aliphatic rings. The predicted molar refractivity (Wildman–Crippen MR) is 74.5 cm³/mol. The summed E-state index contributed by atoms with van der Waals surface area (Å²) in [5.74, 6) is 1.70. The van der Waals surface area contributed by atoms with E-state index < -0.39 is 0 Å². The standard InChI is InChI=1S/C13H23N3S/c1-9(2)11-4-6-16(7-5-11)13-15-10(3)12(8-14)17-13/h9,11H,4-8,14H2,1-3H3. The van der Waals surface area contributed by atoms with E-state index in [4.69, 9.17) is 5.73 Å². The highest BCUT2D eigenvalue weighted by Crippen LogP contribution is 2.31. The fourth-order valence-corrected chi connectivity index (χ4v) is 3.49. The number of aryl methyl sites for hydroxylation is 1. The average molecular weight is 253 g/mol. The maximum absolute atomic E-state index is 5.71. The summed E-state index contributed by atoms with van der Waals surface area (Å²) in [6.45, 7) is 9.65. The van der Waals surface area contributed by atoms with Crippen molar-refractivity contribution < 1.29 is 0 Å². The van der Waals surface area contributed by atoms with Gasteiger partial charge in [0.1, 0.15) is 0 Å². The number of hydrogen-bond acceptors (Lipinski definition) is 4. The Morgan fingerprint density at radius 2 is 2.06 bits per heavy atom. The van der Waals surface area contributed by atoms with E-state index in [9.17, 15) is 0 Å². The Balaban J connectivity index is 2.00. The number of nitrogens with zero attached hydrogens (tertiary/aromatic N) is 2. The van der Waals surface area contributed by atoms with Gasteiger partial charge in [-0.25, -0.2) is 4.98 Å². The van der Waals surface area contributed by atoms with E-state index in [0.717, 1.165) is 30.6 Å². The number of rotatable bonds is 3. The van der Waals surface area contributed by atoms with Crippen molar-refractivity contribution in [3.63, 3.8) is 0 Å². The summed E-state index contributed by atoms with van der Waals surface area (Å²) in [6.07, 6.45) is 2.60. The largest absolute Gasteiger partial charge is 0.348 e. The summed E-state index contributed by atoms with van der Waals surface area (Å²) >= 11 is 1.77. The van der Waals surface area contributed by atoms with Crippen LogP contribution in [-0.2, 0) is 6.54 Å². The highest BCUT2D eigenvalue weighted by atomic mass is 32.1. The Kier molecular flexibility index (Phi) is 4.05. The molecule has 1 aliphatic heterocycles. The molecule has 0 radical (unpaired) electrons. The monoisotopic (exact) mass is 253 g/mol. The molecule has 0 bridgehead atoms. The molecule has 2 rings (SSSR count). The highest BCUT2D eigenvalue weighted by Gasteiger charge is 2.23. The number of aromatic nitrogens is 1. The first-order valence-electron chi connectivity index (χ1n) is 6.53. The molecule has 1 aromatic heterocycles. The molecule has 2 heterocycles. The molecule has 0 aliphatic carbocycles. The van der Waals surface area contributed by atoms with E-state index in [-0.39, 0.29) is 0 Å². The van der Waals surface area contributed by atoms with E-state index >= 15 is 0 Å². The van der Waals surface area contributed by atoms with E-state index in [1.165, 1.54) is 22.9 Å². The molecular weight excluding hydrogens is 230 g/mol. The van der Waals surface area contributed by atoms with Crippen LogP contribution in [0, 0.1) is 18.8 Å². The third-order valence-corrected chi connectivity index (χ3v) is 5.06. The van der Waals surface area contributed by atoms with Gasteiger partial charge in [0.05, 0.1) is 5.69 Å². The van der Waals surface area contributed by atoms with Crippen LogP contribution in [0.1, 0.15) is 37.3 Å². The van der Waals surface area contributed by atoms with E-state index in [2.05, 4.69) is 30.7 Å². The molecule has 0 atom stereocenters. The molecule has 1 aromatic rings. The zero-order valence-corrected chi connectivity index (χ0v) is 11.9. The minimum Gasteiger partial charge on any atom is -0.348 e. The molecule has 0 saturated carbocycles. The van der Waals surface area contributed by atoms with Crippen molar-refractivity contribution in [2.45, 2.75) is 40.2 Å². The zero-order valence-electron chi connectivity index (χ0n) is 11.1. The van der Waals surface area contributed by atoms with Gasteiger partial charge in [-0.3, -0.25) is 0 Å². The number of thiazole rings is 1. The first-order valence-corrected chi connectivity index (χ1v) is 7.34. The van der Waals surface area contributed by atoms with Crippen LogP contribution in [0.4, 0.5) is 5.13 Å². The summed E-state index contributed by atoms with van der Waals surface area (Å²) < 4.78 is 0. The van der Waals surface area contributed by atoms with Gasteiger partial charge in [-0.1, -0.05) is 13.8 Å². The summed E-state index contributed by atoms with van der Waals surface area (Å²) in [5, 5.41) is 1.17. The molecule has 96 valence electrons. The fourth-order valence-electron chi connectivity index (χ4n) is 2.49. The van der Waals surface area contributed by atoms with E-state index in [1.807, 2.05) is 0 Å². The zero-order chi connectivity index (χ0) is 12.4. The van der Waals surface area contributed by atoms with Gasteiger partial charge in [-0.15, -0.1) is 11.3 Å². The Labute approximate surface area is 108 Å². The highest BCUT2D eigenvalue weighted by molar-refractivity contribution is 7.15. The summed E-state index contributed by atoms with van der Waals surface area (Å²) in [7, 11) is 0. The van der Waals surface area contributed by atoms with E-state index in [0.29, 0.717) is 6.54 Å². The molecular formula is C13H23N3S. The number of piperidine rings is 1. The van der Waals surface area contributed by atoms with Crippen molar-refractivity contribution in [2.24, 2.45) is 17.6 Å². The van der Waals surface area contributed by atoms with Gasteiger partial charge in [-0.05, 0) is 31.6 Å². The second kappa shape index (κ2) is 5.36. The summed E-state index contributed by atoms with van der Waals surface area (Å²) in [5.41, 5.74) is 6.82. The van der Waals surface area contributed by atoms with Crippen molar-refractivity contribution in [1.82, 2.24) is 4.98 Å². The minimum absolute atomic E-state index is 0.617. The lowest BCUT2D eigenvalue weighted by Gasteiger charge is -2.33. The third kappa shape index (κ3) is 2.80. The van der Waals surface area contributed by atoms with Crippen LogP contribution in [-0.4, -0.2) is 18.1 Å².